The minimum Gasteiger partial charge on any atom is -0.490 e. The molecule has 31 heavy (non-hydrogen) atoms. The van der Waals surface area contributed by atoms with Crippen LogP contribution in [0.4, 0.5) is 0 Å². The Morgan fingerprint density at radius 2 is 1.81 bits per heavy atom. The van der Waals surface area contributed by atoms with E-state index in [-0.39, 0.29) is 29.9 Å². The highest BCUT2D eigenvalue weighted by atomic mass is 127. The quantitative estimate of drug-likeness (QED) is 0.352. The van der Waals surface area contributed by atoms with E-state index in [1.165, 1.54) is 6.42 Å². The first kappa shape index (κ1) is 24.1. The van der Waals surface area contributed by atoms with E-state index in [4.69, 9.17) is 9.47 Å². The Labute approximate surface area is 202 Å². The summed E-state index contributed by atoms with van der Waals surface area (Å²) in [5.41, 5.74) is 1.16. The second-order valence-electron chi connectivity index (χ2n) is 8.38. The zero-order valence-corrected chi connectivity index (χ0v) is 20.8. The van der Waals surface area contributed by atoms with Crippen molar-refractivity contribution in [3.63, 3.8) is 0 Å². The first-order valence-electron chi connectivity index (χ1n) is 11.3. The van der Waals surface area contributed by atoms with Gasteiger partial charge in [-0.25, -0.2) is 0 Å². The molecule has 0 atom stereocenters. The molecule has 1 aliphatic carbocycles. The van der Waals surface area contributed by atoms with Gasteiger partial charge >= 0.3 is 0 Å². The number of carbonyl (C=O) groups excluding carboxylic acids is 1. The Kier molecular flexibility index (Phi) is 9.25. The van der Waals surface area contributed by atoms with Crippen molar-refractivity contribution in [2.75, 3.05) is 46.4 Å². The number of para-hydroxylation sites is 1. The lowest BCUT2D eigenvalue weighted by atomic mass is 9.95. The highest BCUT2D eigenvalue weighted by Crippen LogP contribution is 2.27. The third-order valence-corrected chi connectivity index (χ3v) is 6.43. The third-order valence-electron chi connectivity index (χ3n) is 6.43. The SMILES string of the molecule is CN=C(NCc1ccccc1OC1CCC1)N1CCC(C(=O)N2CCOCC2)CC1.I. The molecule has 0 aromatic heterocycles. The molecule has 1 N–H and O–H groups in total. The van der Waals surface area contributed by atoms with Gasteiger partial charge in [-0.1, -0.05) is 18.2 Å². The van der Waals surface area contributed by atoms with E-state index in [9.17, 15) is 4.79 Å². The molecule has 1 amide bonds. The largest absolute Gasteiger partial charge is 0.490 e. The van der Waals surface area contributed by atoms with Gasteiger partial charge in [-0.05, 0) is 38.2 Å². The number of halogens is 1. The Morgan fingerprint density at radius 1 is 1.10 bits per heavy atom. The van der Waals surface area contributed by atoms with Crippen LogP contribution in [0.25, 0.3) is 0 Å². The lowest BCUT2D eigenvalue weighted by Crippen LogP contribution is -2.49. The Balaban J connectivity index is 0.00000272. The van der Waals surface area contributed by atoms with E-state index >= 15 is 0 Å². The number of ether oxygens (including phenoxy) is 2. The first-order valence-corrected chi connectivity index (χ1v) is 11.3. The number of likely N-dealkylation sites (tertiary alicyclic amines) is 1. The molecule has 7 nitrogen and oxygen atoms in total. The van der Waals surface area contributed by atoms with Gasteiger partial charge in [0.2, 0.25) is 5.91 Å². The van der Waals surface area contributed by atoms with Gasteiger partial charge in [-0.2, -0.15) is 0 Å². The number of aliphatic imine (C=N–C) groups is 1. The average Bonchev–Trinajstić information content (AvgIpc) is 2.78. The van der Waals surface area contributed by atoms with Crippen LogP contribution in [0, 0.1) is 5.92 Å². The molecule has 0 spiro atoms. The fraction of sp³-hybridized carbons (Fsp3) is 0.652. The van der Waals surface area contributed by atoms with Crippen molar-refractivity contribution in [2.24, 2.45) is 10.9 Å². The van der Waals surface area contributed by atoms with Gasteiger partial charge < -0.3 is 24.6 Å². The summed E-state index contributed by atoms with van der Waals surface area (Å²) < 4.78 is 11.5. The number of nitrogens with zero attached hydrogens (tertiary/aromatic N) is 3. The predicted octanol–water partition coefficient (Wildman–Crippen LogP) is 2.88. The number of guanidine groups is 1. The molecule has 0 radical (unpaired) electrons. The third kappa shape index (κ3) is 6.25. The molecule has 0 bridgehead atoms. The number of amides is 1. The molecule has 3 aliphatic rings. The van der Waals surface area contributed by atoms with Crippen molar-refractivity contribution in [1.82, 2.24) is 15.1 Å². The van der Waals surface area contributed by atoms with Crippen LogP contribution in [0.15, 0.2) is 29.3 Å². The van der Waals surface area contributed by atoms with E-state index in [1.807, 2.05) is 18.0 Å². The number of rotatable bonds is 5. The molecule has 4 rings (SSSR count). The number of hydrogen-bond donors (Lipinski definition) is 1. The Hall–Kier alpha value is -1.55. The second-order valence-corrected chi connectivity index (χ2v) is 8.38. The lowest BCUT2D eigenvalue weighted by molar-refractivity contribution is -0.140. The zero-order chi connectivity index (χ0) is 20.8. The zero-order valence-electron chi connectivity index (χ0n) is 18.4. The molecule has 172 valence electrons. The summed E-state index contributed by atoms with van der Waals surface area (Å²) in [5, 5.41) is 3.50. The highest BCUT2D eigenvalue weighted by molar-refractivity contribution is 14.0. The fourth-order valence-electron chi connectivity index (χ4n) is 4.32. The number of nitrogens with one attached hydrogen (secondary N) is 1. The Morgan fingerprint density at radius 3 is 2.45 bits per heavy atom. The van der Waals surface area contributed by atoms with E-state index in [0.717, 1.165) is 69.1 Å². The molecule has 0 unspecified atom stereocenters. The predicted molar refractivity (Wildman–Crippen MR) is 132 cm³/mol. The molecular formula is C23H35IN4O3. The maximum atomic E-state index is 12.8. The van der Waals surface area contributed by atoms with Crippen molar-refractivity contribution in [3.8, 4) is 5.75 Å². The van der Waals surface area contributed by atoms with Gasteiger partial charge in [0, 0.05) is 51.3 Å². The summed E-state index contributed by atoms with van der Waals surface area (Å²) in [6.07, 6.45) is 5.69. The molecule has 8 heteroatoms. The van der Waals surface area contributed by atoms with Gasteiger partial charge in [0.15, 0.2) is 5.96 Å². The van der Waals surface area contributed by atoms with Crippen LogP contribution in [0.5, 0.6) is 5.75 Å². The molecule has 1 aromatic rings. The van der Waals surface area contributed by atoms with E-state index < -0.39 is 0 Å². The van der Waals surface area contributed by atoms with Crippen molar-refractivity contribution in [3.05, 3.63) is 29.8 Å². The van der Waals surface area contributed by atoms with Crippen LogP contribution in [-0.4, -0.2) is 74.2 Å². The highest BCUT2D eigenvalue weighted by Gasteiger charge is 2.30. The van der Waals surface area contributed by atoms with E-state index in [0.29, 0.717) is 31.8 Å². The summed E-state index contributed by atoms with van der Waals surface area (Å²) >= 11 is 0. The van der Waals surface area contributed by atoms with E-state index in [1.54, 1.807) is 0 Å². The number of carbonyl (C=O) groups is 1. The molecule has 2 heterocycles. The number of benzene rings is 1. The lowest BCUT2D eigenvalue weighted by Gasteiger charge is -2.36. The minimum atomic E-state index is 0. The van der Waals surface area contributed by atoms with Crippen LogP contribution in [0.1, 0.15) is 37.7 Å². The Bertz CT molecular complexity index is 742. The average molecular weight is 542 g/mol. The van der Waals surface area contributed by atoms with E-state index in [2.05, 4.69) is 33.4 Å². The van der Waals surface area contributed by atoms with Gasteiger partial charge in [0.25, 0.3) is 0 Å². The van der Waals surface area contributed by atoms with Crippen LogP contribution in [-0.2, 0) is 16.1 Å². The molecule has 3 fully saturated rings. The molecule has 1 saturated carbocycles. The minimum absolute atomic E-state index is 0. The molecule has 2 aliphatic heterocycles. The van der Waals surface area contributed by atoms with Crippen molar-refractivity contribution < 1.29 is 14.3 Å². The van der Waals surface area contributed by atoms with Crippen LogP contribution < -0.4 is 10.1 Å². The molecule has 1 aromatic carbocycles. The smallest absolute Gasteiger partial charge is 0.225 e. The van der Waals surface area contributed by atoms with Crippen LogP contribution in [0.2, 0.25) is 0 Å². The van der Waals surface area contributed by atoms with Gasteiger partial charge in [-0.15, -0.1) is 24.0 Å². The van der Waals surface area contributed by atoms with Crippen LogP contribution in [0.3, 0.4) is 0 Å². The normalized spacial score (nSPS) is 20.6. The van der Waals surface area contributed by atoms with Gasteiger partial charge in [0.05, 0.1) is 19.3 Å². The summed E-state index contributed by atoms with van der Waals surface area (Å²) in [6.45, 7) is 5.15. The van der Waals surface area contributed by atoms with Gasteiger partial charge in [0.1, 0.15) is 5.75 Å². The maximum Gasteiger partial charge on any atom is 0.225 e. The molecule has 2 saturated heterocycles. The summed E-state index contributed by atoms with van der Waals surface area (Å²) in [5.74, 6) is 2.28. The van der Waals surface area contributed by atoms with Crippen molar-refractivity contribution in [2.45, 2.75) is 44.8 Å². The monoisotopic (exact) mass is 542 g/mol. The second kappa shape index (κ2) is 11.9. The fourth-order valence-corrected chi connectivity index (χ4v) is 4.32. The standard InChI is InChI=1S/C23H34N4O3.HI/c1-24-23(25-17-19-5-2-3-8-21(19)30-20-6-4-7-20)27-11-9-18(10-12-27)22(28)26-13-15-29-16-14-26;/h2-3,5,8,18,20H,4,6-7,9-17H2,1H3,(H,24,25);1H. The van der Waals surface area contributed by atoms with Crippen molar-refractivity contribution in [1.29, 1.82) is 0 Å². The molecular weight excluding hydrogens is 507 g/mol. The summed E-state index contributed by atoms with van der Waals surface area (Å²) in [4.78, 5) is 21.5. The van der Waals surface area contributed by atoms with Crippen molar-refractivity contribution >= 4 is 35.8 Å². The number of morpholine rings is 1. The summed E-state index contributed by atoms with van der Waals surface area (Å²) in [6, 6.07) is 8.25. The number of piperidine rings is 1. The first-order chi connectivity index (χ1) is 14.7. The van der Waals surface area contributed by atoms with Crippen LogP contribution >= 0.6 is 24.0 Å². The maximum absolute atomic E-state index is 12.8. The van der Waals surface area contributed by atoms with Gasteiger partial charge in [-0.3, -0.25) is 9.79 Å². The summed E-state index contributed by atoms with van der Waals surface area (Å²) in [7, 11) is 1.82. The topological polar surface area (TPSA) is 66.4 Å². The number of hydrogen-bond acceptors (Lipinski definition) is 4.